The van der Waals surface area contributed by atoms with Crippen LogP contribution in [-0.4, -0.2) is 30.8 Å². The van der Waals surface area contributed by atoms with E-state index in [0.29, 0.717) is 12.5 Å². The normalized spacial score (nSPS) is 19.0. The average molecular weight is 281 g/mol. The number of esters is 1. The van der Waals surface area contributed by atoms with Crippen LogP contribution in [0.25, 0.3) is 0 Å². The van der Waals surface area contributed by atoms with Gasteiger partial charge in [-0.15, -0.1) is 0 Å². The molecule has 0 heterocycles. The van der Waals surface area contributed by atoms with E-state index in [1.165, 1.54) is 0 Å². The smallest absolute Gasteiger partial charge is 0.389 e. The third-order valence-corrected chi connectivity index (χ3v) is 3.34. The summed E-state index contributed by atoms with van der Waals surface area (Å²) in [6.45, 7) is 4.22. The van der Waals surface area contributed by atoms with E-state index in [0.717, 1.165) is 12.8 Å². The van der Waals surface area contributed by atoms with Crippen molar-refractivity contribution in [1.82, 2.24) is 5.32 Å². The molecule has 112 valence electrons. The van der Waals surface area contributed by atoms with Crippen LogP contribution in [0.5, 0.6) is 0 Å². The first-order valence-corrected chi connectivity index (χ1v) is 6.76. The Morgan fingerprint density at radius 3 is 2.42 bits per heavy atom. The molecule has 3 nitrogen and oxygen atoms in total. The first kappa shape index (κ1) is 16.3. The van der Waals surface area contributed by atoms with Gasteiger partial charge in [-0.05, 0) is 52.0 Å². The third kappa shape index (κ3) is 6.27. The molecular formula is C13H22F3NO2. The van der Waals surface area contributed by atoms with Crippen LogP contribution in [0.3, 0.4) is 0 Å². The Morgan fingerprint density at radius 1 is 1.32 bits per heavy atom. The van der Waals surface area contributed by atoms with Crippen molar-refractivity contribution >= 4 is 5.97 Å². The van der Waals surface area contributed by atoms with Crippen LogP contribution in [0.2, 0.25) is 0 Å². The van der Waals surface area contributed by atoms with Crippen LogP contribution in [0.1, 0.15) is 46.0 Å². The van der Waals surface area contributed by atoms with Crippen LogP contribution in [-0.2, 0) is 9.53 Å². The van der Waals surface area contributed by atoms with E-state index in [1.807, 2.05) is 0 Å². The highest BCUT2D eigenvalue weighted by Gasteiger charge is 2.37. The highest BCUT2D eigenvalue weighted by atomic mass is 19.4. The molecule has 19 heavy (non-hydrogen) atoms. The average Bonchev–Trinajstić information content (AvgIpc) is 3.08. The van der Waals surface area contributed by atoms with Crippen LogP contribution in [0.4, 0.5) is 13.2 Å². The molecule has 1 atom stereocenters. The summed E-state index contributed by atoms with van der Waals surface area (Å²) in [5.74, 6) is 0.0918. The van der Waals surface area contributed by atoms with Gasteiger partial charge in [0.15, 0.2) is 0 Å². The summed E-state index contributed by atoms with van der Waals surface area (Å²) in [5.41, 5.74) is -1.01. The summed E-state index contributed by atoms with van der Waals surface area (Å²) in [6.07, 6.45) is -2.74. The molecule has 1 aliphatic rings. The Kier molecular flexibility index (Phi) is 5.64. The maximum absolute atomic E-state index is 12.2. The molecule has 0 aromatic heterocycles. The molecule has 0 aliphatic heterocycles. The van der Waals surface area contributed by atoms with Gasteiger partial charge in [0, 0.05) is 6.42 Å². The lowest BCUT2D eigenvalue weighted by atomic mass is 9.94. The molecule has 0 amide bonds. The fourth-order valence-electron chi connectivity index (χ4n) is 1.89. The van der Waals surface area contributed by atoms with Crippen molar-refractivity contribution in [2.45, 2.75) is 57.7 Å². The summed E-state index contributed by atoms with van der Waals surface area (Å²) in [6, 6.07) is 0. The third-order valence-electron chi connectivity index (χ3n) is 3.34. The number of halogens is 3. The van der Waals surface area contributed by atoms with Gasteiger partial charge in [-0.2, -0.15) is 13.2 Å². The fourth-order valence-corrected chi connectivity index (χ4v) is 1.89. The van der Waals surface area contributed by atoms with Crippen LogP contribution < -0.4 is 5.32 Å². The predicted octanol–water partition coefficient (Wildman–Crippen LogP) is 3.04. The number of ether oxygens (including phenoxy) is 1. The second-order valence-electron chi connectivity index (χ2n) is 5.35. The summed E-state index contributed by atoms with van der Waals surface area (Å²) in [5, 5.41) is 3.09. The molecule has 1 fully saturated rings. The molecule has 0 saturated heterocycles. The zero-order chi connectivity index (χ0) is 14.5. The van der Waals surface area contributed by atoms with Gasteiger partial charge in [0.25, 0.3) is 0 Å². The van der Waals surface area contributed by atoms with E-state index in [2.05, 4.69) is 5.32 Å². The standard InChI is InChI=1S/C13H22F3NO2/c1-3-19-11(18)12(2,17-9-10-5-6-10)7-4-8-13(14,15)16/h10,17H,3-9H2,1-2H3. The monoisotopic (exact) mass is 281 g/mol. The van der Waals surface area contributed by atoms with Crippen LogP contribution in [0, 0.1) is 5.92 Å². The molecule has 0 aromatic carbocycles. The second kappa shape index (κ2) is 6.59. The van der Waals surface area contributed by atoms with E-state index in [9.17, 15) is 18.0 Å². The Labute approximate surface area is 111 Å². The van der Waals surface area contributed by atoms with E-state index < -0.39 is 24.1 Å². The highest BCUT2D eigenvalue weighted by Crippen LogP contribution is 2.30. The minimum Gasteiger partial charge on any atom is -0.465 e. The molecule has 1 N–H and O–H groups in total. The number of hydrogen-bond donors (Lipinski definition) is 1. The van der Waals surface area contributed by atoms with Gasteiger partial charge in [-0.3, -0.25) is 4.79 Å². The van der Waals surface area contributed by atoms with Gasteiger partial charge in [0.2, 0.25) is 0 Å². The van der Waals surface area contributed by atoms with Crippen LogP contribution in [0.15, 0.2) is 0 Å². The van der Waals surface area contributed by atoms with E-state index in [4.69, 9.17) is 4.74 Å². The minimum absolute atomic E-state index is 0.0729. The number of nitrogens with one attached hydrogen (secondary N) is 1. The minimum atomic E-state index is -4.17. The molecule has 1 rings (SSSR count). The zero-order valence-electron chi connectivity index (χ0n) is 11.5. The van der Waals surface area contributed by atoms with Crippen molar-refractivity contribution in [3.8, 4) is 0 Å². The van der Waals surface area contributed by atoms with Crippen molar-refractivity contribution in [2.24, 2.45) is 5.92 Å². The lowest BCUT2D eigenvalue weighted by Gasteiger charge is -2.29. The largest absolute Gasteiger partial charge is 0.465 e. The van der Waals surface area contributed by atoms with Crippen molar-refractivity contribution < 1.29 is 22.7 Å². The molecule has 0 bridgehead atoms. The number of carbonyl (C=O) groups is 1. The predicted molar refractivity (Wildman–Crippen MR) is 65.7 cm³/mol. The summed E-state index contributed by atoms with van der Waals surface area (Å²) in [4.78, 5) is 11.9. The highest BCUT2D eigenvalue weighted by molar-refractivity contribution is 5.80. The van der Waals surface area contributed by atoms with Crippen LogP contribution >= 0.6 is 0 Å². The molecule has 1 aliphatic carbocycles. The Balaban J connectivity index is 2.48. The summed E-state index contributed by atoms with van der Waals surface area (Å²) >= 11 is 0. The van der Waals surface area contributed by atoms with E-state index in [-0.39, 0.29) is 19.4 Å². The van der Waals surface area contributed by atoms with Crippen molar-refractivity contribution in [1.29, 1.82) is 0 Å². The molecule has 0 radical (unpaired) electrons. The maximum Gasteiger partial charge on any atom is 0.389 e. The first-order valence-electron chi connectivity index (χ1n) is 6.76. The summed E-state index contributed by atoms with van der Waals surface area (Å²) < 4.78 is 41.5. The second-order valence-corrected chi connectivity index (χ2v) is 5.35. The van der Waals surface area contributed by atoms with Crippen molar-refractivity contribution in [3.05, 3.63) is 0 Å². The zero-order valence-corrected chi connectivity index (χ0v) is 11.5. The first-order chi connectivity index (χ1) is 8.77. The Bertz CT molecular complexity index is 303. The number of rotatable bonds is 8. The maximum atomic E-state index is 12.2. The van der Waals surface area contributed by atoms with Crippen molar-refractivity contribution in [3.63, 3.8) is 0 Å². The van der Waals surface area contributed by atoms with Gasteiger partial charge in [-0.1, -0.05) is 0 Å². The quantitative estimate of drug-likeness (QED) is 0.695. The van der Waals surface area contributed by atoms with Gasteiger partial charge in [0.1, 0.15) is 5.54 Å². The number of carbonyl (C=O) groups excluding carboxylic acids is 1. The molecule has 1 unspecified atom stereocenters. The Morgan fingerprint density at radius 2 is 1.95 bits per heavy atom. The molecule has 6 heteroatoms. The van der Waals surface area contributed by atoms with Gasteiger partial charge in [-0.25, -0.2) is 0 Å². The topological polar surface area (TPSA) is 38.3 Å². The van der Waals surface area contributed by atoms with Gasteiger partial charge >= 0.3 is 12.1 Å². The lowest BCUT2D eigenvalue weighted by Crippen LogP contribution is -2.51. The van der Waals surface area contributed by atoms with Gasteiger partial charge < -0.3 is 10.1 Å². The molecule has 0 aromatic rings. The summed E-state index contributed by atoms with van der Waals surface area (Å²) in [7, 11) is 0. The Hall–Kier alpha value is -0.780. The number of alkyl halides is 3. The van der Waals surface area contributed by atoms with Crippen molar-refractivity contribution in [2.75, 3.05) is 13.2 Å². The van der Waals surface area contributed by atoms with Gasteiger partial charge in [0.05, 0.1) is 6.61 Å². The fraction of sp³-hybridized carbons (Fsp3) is 0.923. The van der Waals surface area contributed by atoms with E-state index in [1.54, 1.807) is 13.8 Å². The molecular weight excluding hydrogens is 259 g/mol. The molecule has 1 saturated carbocycles. The van der Waals surface area contributed by atoms with E-state index >= 15 is 0 Å². The SMILES string of the molecule is CCOC(=O)C(C)(CCCC(F)(F)F)NCC1CC1. The molecule has 0 spiro atoms. The number of hydrogen-bond acceptors (Lipinski definition) is 3. The lowest BCUT2D eigenvalue weighted by molar-refractivity contribution is -0.153.